The highest BCUT2D eigenvalue weighted by Gasteiger charge is 2.39. The lowest BCUT2D eigenvalue weighted by molar-refractivity contribution is -0.0765. The summed E-state index contributed by atoms with van der Waals surface area (Å²) in [7, 11) is 0. The summed E-state index contributed by atoms with van der Waals surface area (Å²) in [5, 5.41) is 12.1. The summed E-state index contributed by atoms with van der Waals surface area (Å²) in [5.41, 5.74) is 0.477. The van der Waals surface area contributed by atoms with E-state index in [4.69, 9.17) is 14.4 Å². The number of aryl methyl sites for hydroxylation is 1. The van der Waals surface area contributed by atoms with Gasteiger partial charge in [0.05, 0.1) is 24.3 Å². The van der Waals surface area contributed by atoms with Crippen molar-refractivity contribution in [1.82, 2.24) is 4.98 Å². The average Bonchev–Trinajstić information content (AvgIpc) is 2.92. The van der Waals surface area contributed by atoms with Crippen LogP contribution in [0.4, 0.5) is 0 Å². The minimum atomic E-state index is -0.367. The molecule has 0 bridgehead atoms. The number of aromatic nitrogens is 1. The van der Waals surface area contributed by atoms with Crippen LogP contribution in [0.2, 0.25) is 0 Å². The van der Waals surface area contributed by atoms with E-state index >= 15 is 0 Å². The third kappa shape index (κ3) is 1.94. The summed E-state index contributed by atoms with van der Waals surface area (Å²) in [5.74, 6) is 1.66. The fraction of sp³-hybridized carbons (Fsp3) is 0.385. The van der Waals surface area contributed by atoms with E-state index < -0.39 is 0 Å². The van der Waals surface area contributed by atoms with Gasteiger partial charge in [0, 0.05) is 11.8 Å². The van der Waals surface area contributed by atoms with Crippen molar-refractivity contribution in [2.45, 2.75) is 13.3 Å². The van der Waals surface area contributed by atoms with Gasteiger partial charge >= 0.3 is 0 Å². The van der Waals surface area contributed by atoms with Gasteiger partial charge in [-0.2, -0.15) is 5.26 Å². The Kier molecular flexibility index (Phi) is 2.69. The van der Waals surface area contributed by atoms with E-state index in [9.17, 15) is 0 Å². The maximum absolute atomic E-state index is 9.15. The van der Waals surface area contributed by atoms with Crippen molar-refractivity contribution in [3.8, 4) is 17.5 Å². The highest BCUT2D eigenvalue weighted by molar-refractivity contribution is 7.09. The Hall–Kier alpha value is -1.64. The van der Waals surface area contributed by atoms with Crippen molar-refractivity contribution in [2.24, 2.45) is 5.41 Å². The van der Waals surface area contributed by atoms with E-state index in [1.807, 2.05) is 24.4 Å². The molecule has 0 amide bonds. The zero-order valence-corrected chi connectivity index (χ0v) is 10.8. The van der Waals surface area contributed by atoms with Gasteiger partial charge in [0.1, 0.15) is 16.9 Å². The Labute approximate surface area is 109 Å². The summed E-state index contributed by atoms with van der Waals surface area (Å²) in [6, 6.07) is 6.17. The molecule has 1 saturated heterocycles. The first kappa shape index (κ1) is 11.5. The van der Waals surface area contributed by atoms with E-state index in [-0.39, 0.29) is 5.41 Å². The van der Waals surface area contributed by atoms with Crippen LogP contribution in [0.5, 0.6) is 0 Å². The number of rotatable bonds is 3. The Bertz CT molecular complexity index is 605. The van der Waals surface area contributed by atoms with Crippen molar-refractivity contribution in [2.75, 3.05) is 13.2 Å². The molecule has 3 heterocycles. The molecule has 1 aliphatic heterocycles. The SMILES string of the molecule is Cc1ccc(-c2csc(CC3(C#N)COC3)n2)o1. The molecule has 4 nitrogen and oxygen atoms in total. The third-order valence-electron chi connectivity index (χ3n) is 3.03. The Morgan fingerprint density at radius 2 is 2.33 bits per heavy atom. The summed E-state index contributed by atoms with van der Waals surface area (Å²) < 4.78 is 10.7. The van der Waals surface area contributed by atoms with Crippen LogP contribution in [0, 0.1) is 23.7 Å². The quantitative estimate of drug-likeness (QED) is 0.851. The predicted molar refractivity (Wildman–Crippen MR) is 67.1 cm³/mol. The second-order valence-corrected chi connectivity index (χ2v) is 5.54. The Balaban J connectivity index is 1.80. The van der Waals surface area contributed by atoms with Crippen LogP contribution in [0.1, 0.15) is 10.8 Å². The number of ether oxygens (including phenoxy) is 1. The topological polar surface area (TPSA) is 59.0 Å². The number of nitriles is 1. The number of hydrogen-bond donors (Lipinski definition) is 0. The second kappa shape index (κ2) is 4.23. The molecule has 0 saturated carbocycles. The Morgan fingerprint density at radius 1 is 1.50 bits per heavy atom. The van der Waals surface area contributed by atoms with Crippen LogP contribution in [-0.2, 0) is 11.2 Å². The molecule has 0 aromatic carbocycles. The smallest absolute Gasteiger partial charge is 0.153 e. The molecular weight excluding hydrogens is 248 g/mol. The standard InChI is InChI=1S/C13H12N2O2S/c1-9-2-3-11(17-9)10-5-18-12(15-10)4-13(6-14)7-16-8-13/h2-3,5H,4,7-8H2,1H3. The first-order valence-electron chi connectivity index (χ1n) is 5.71. The number of furan rings is 1. The van der Waals surface area contributed by atoms with Crippen LogP contribution < -0.4 is 0 Å². The van der Waals surface area contributed by atoms with Gasteiger partial charge in [0.15, 0.2) is 5.76 Å². The molecule has 2 aromatic heterocycles. The molecule has 0 aliphatic carbocycles. The van der Waals surface area contributed by atoms with Crippen LogP contribution in [0.3, 0.4) is 0 Å². The molecule has 0 spiro atoms. The van der Waals surface area contributed by atoms with E-state index in [1.165, 1.54) is 0 Å². The lowest BCUT2D eigenvalue weighted by Gasteiger charge is -2.34. The second-order valence-electron chi connectivity index (χ2n) is 4.60. The molecule has 0 radical (unpaired) electrons. The molecule has 18 heavy (non-hydrogen) atoms. The lowest BCUT2D eigenvalue weighted by atomic mass is 9.84. The van der Waals surface area contributed by atoms with Crippen molar-refractivity contribution >= 4 is 11.3 Å². The van der Waals surface area contributed by atoms with Crippen molar-refractivity contribution in [1.29, 1.82) is 5.26 Å². The summed E-state index contributed by atoms with van der Waals surface area (Å²) >= 11 is 1.57. The molecule has 0 N–H and O–H groups in total. The fourth-order valence-corrected chi connectivity index (χ4v) is 2.85. The highest BCUT2D eigenvalue weighted by Crippen LogP contribution is 2.33. The molecule has 5 heteroatoms. The summed E-state index contributed by atoms with van der Waals surface area (Å²) in [4.78, 5) is 4.53. The zero-order chi connectivity index (χ0) is 12.6. The summed E-state index contributed by atoms with van der Waals surface area (Å²) in [6.07, 6.45) is 0.661. The molecule has 2 aromatic rings. The van der Waals surface area contributed by atoms with Crippen LogP contribution in [0.25, 0.3) is 11.5 Å². The monoisotopic (exact) mass is 260 g/mol. The number of hydrogen-bond acceptors (Lipinski definition) is 5. The predicted octanol–water partition coefficient (Wildman–Crippen LogP) is 2.79. The molecule has 1 aliphatic rings. The largest absolute Gasteiger partial charge is 0.460 e. The van der Waals surface area contributed by atoms with Gasteiger partial charge in [-0.1, -0.05) is 0 Å². The van der Waals surface area contributed by atoms with E-state index in [0.29, 0.717) is 19.6 Å². The molecule has 92 valence electrons. The molecule has 1 fully saturated rings. The Morgan fingerprint density at radius 3 is 2.89 bits per heavy atom. The average molecular weight is 260 g/mol. The van der Waals surface area contributed by atoms with E-state index in [0.717, 1.165) is 22.2 Å². The molecular formula is C13H12N2O2S. The summed E-state index contributed by atoms with van der Waals surface area (Å²) in [6.45, 7) is 2.93. The van der Waals surface area contributed by atoms with Crippen molar-refractivity contribution < 1.29 is 9.15 Å². The normalized spacial score (nSPS) is 17.1. The van der Waals surface area contributed by atoms with Gasteiger partial charge in [-0.25, -0.2) is 4.98 Å². The van der Waals surface area contributed by atoms with Gasteiger partial charge < -0.3 is 9.15 Å². The van der Waals surface area contributed by atoms with Crippen LogP contribution in [-0.4, -0.2) is 18.2 Å². The lowest BCUT2D eigenvalue weighted by Crippen LogP contribution is -2.43. The molecule has 3 rings (SSSR count). The van der Waals surface area contributed by atoms with Gasteiger partial charge in [-0.3, -0.25) is 0 Å². The minimum absolute atomic E-state index is 0.367. The van der Waals surface area contributed by atoms with Gasteiger partial charge in [0.2, 0.25) is 0 Å². The van der Waals surface area contributed by atoms with Gasteiger partial charge in [0.25, 0.3) is 0 Å². The molecule has 0 atom stereocenters. The first-order chi connectivity index (χ1) is 8.71. The first-order valence-corrected chi connectivity index (χ1v) is 6.59. The van der Waals surface area contributed by atoms with E-state index in [1.54, 1.807) is 11.3 Å². The molecule has 0 unspecified atom stereocenters. The minimum Gasteiger partial charge on any atom is -0.460 e. The van der Waals surface area contributed by atoms with Crippen LogP contribution in [0.15, 0.2) is 21.9 Å². The maximum Gasteiger partial charge on any atom is 0.153 e. The number of thiazole rings is 1. The van der Waals surface area contributed by atoms with E-state index in [2.05, 4.69) is 11.1 Å². The highest BCUT2D eigenvalue weighted by atomic mass is 32.1. The fourth-order valence-electron chi connectivity index (χ4n) is 1.92. The van der Waals surface area contributed by atoms with Gasteiger partial charge in [-0.15, -0.1) is 11.3 Å². The van der Waals surface area contributed by atoms with Crippen molar-refractivity contribution in [3.05, 3.63) is 28.3 Å². The zero-order valence-electron chi connectivity index (χ0n) is 9.97. The van der Waals surface area contributed by atoms with Gasteiger partial charge in [-0.05, 0) is 19.1 Å². The number of nitrogens with zero attached hydrogens (tertiary/aromatic N) is 2. The van der Waals surface area contributed by atoms with Crippen LogP contribution >= 0.6 is 11.3 Å². The van der Waals surface area contributed by atoms with Crippen molar-refractivity contribution in [3.63, 3.8) is 0 Å². The maximum atomic E-state index is 9.15. The third-order valence-corrected chi connectivity index (χ3v) is 3.88.